The summed E-state index contributed by atoms with van der Waals surface area (Å²) in [5.74, 6) is 1.67. The summed E-state index contributed by atoms with van der Waals surface area (Å²) < 4.78 is 0. The van der Waals surface area contributed by atoms with Crippen LogP contribution in [-0.4, -0.2) is 51.9 Å². The highest BCUT2D eigenvalue weighted by molar-refractivity contribution is 5.80. The van der Waals surface area contributed by atoms with Gasteiger partial charge in [-0.05, 0) is 35.2 Å². The summed E-state index contributed by atoms with van der Waals surface area (Å²) in [6.45, 7) is 3.46. The van der Waals surface area contributed by atoms with E-state index in [2.05, 4.69) is 59.7 Å². The zero-order valence-electron chi connectivity index (χ0n) is 15.7. The van der Waals surface area contributed by atoms with Gasteiger partial charge in [0.1, 0.15) is 17.2 Å². The number of nitrogens with one attached hydrogen (secondary N) is 3. The average molecular weight is 377 g/mol. The minimum absolute atomic E-state index is 0.666. The maximum absolute atomic E-state index is 7.00. The Kier molecular flexibility index (Phi) is 5.31. The molecular weight excluding hydrogens is 354 g/mol. The van der Waals surface area contributed by atoms with E-state index in [1.54, 1.807) is 6.20 Å². The highest BCUT2D eigenvalue weighted by Gasteiger charge is 2.13. The molecule has 4 N–H and O–H groups in total. The van der Waals surface area contributed by atoms with Gasteiger partial charge in [-0.15, -0.1) is 0 Å². The second kappa shape index (κ2) is 8.20. The highest BCUT2D eigenvalue weighted by Crippen LogP contribution is 2.18. The molecule has 28 heavy (non-hydrogen) atoms. The highest BCUT2D eigenvalue weighted by atomic mass is 16.2. The molecular formula is C20H23N7O. The third-order valence-corrected chi connectivity index (χ3v) is 4.67. The maximum atomic E-state index is 7.00. The van der Waals surface area contributed by atoms with Crippen LogP contribution in [0.2, 0.25) is 0 Å². The first kappa shape index (κ1) is 18.1. The van der Waals surface area contributed by atoms with E-state index in [1.807, 2.05) is 18.3 Å². The van der Waals surface area contributed by atoms with E-state index >= 15 is 0 Å². The lowest BCUT2D eigenvalue weighted by molar-refractivity contribution is 0.399. The molecule has 0 amide bonds. The van der Waals surface area contributed by atoms with Crippen LogP contribution in [-0.2, 0) is 6.54 Å². The van der Waals surface area contributed by atoms with Crippen LogP contribution in [0.4, 0.5) is 11.6 Å². The molecule has 1 aromatic carbocycles. The van der Waals surface area contributed by atoms with Crippen molar-refractivity contribution in [1.82, 2.24) is 25.3 Å². The van der Waals surface area contributed by atoms with Gasteiger partial charge in [-0.25, -0.2) is 15.0 Å². The number of fused-ring (bicyclic) bond motifs is 2. The Bertz CT molecular complexity index is 1070. The SMILES string of the molecule is CO.c1cc2ccc(CNc3cnc4ccc(N5CCNC5)nc4n3)cc2[nH]1. The normalized spacial score (nSPS) is 13.6. The van der Waals surface area contributed by atoms with Crippen molar-refractivity contribution in [2.75, 3.05) is 37.1 Å². The van der Waals surface area contributed by atoms with Gasteiger partial charge < -0.3 is 20.3 Å². The maximum Gasteiger partial charge on any atom is 0.182 e. The minimum Gasteiger partial charge on any atom is -0.400 e. The first-order valence-corrected chi connectivity index (χ1v) is 9.19. The molecule has 0 spiro atoms. The predicted molar refractivity (Wildman–Crippen MR) is 111 cm³/mol. The predicted octanol–water partition coefficient (Wildman–Crippen LogP) is 2.09. The third kappa shape index (κ3) is 3.73. The van der Waals surface area contributed by atoms with Crippen LogP contribution in [0.1, 0.15) is 5.56 Å². The number of hydrogen-bond acceptors (Lipinski definition) is 7. The van der Waals surface area contributed by atoms with Gasteiger partial charge in [0.05, 0.1) is 12.9 Å². The molecule has 0 bridgehead atoms. The zero-order chi connectivity index (χ0) is 19.3. The summed E-state index contributed by atoms with van der Waals surface area (Å²) in [7, 11) is 1.00. The number of rotatable bonds is 4. The number of aliphatic hydroxyl groups excluding tert-OH is 1. The molecule has 0 saturated carbocycles. The summed E-state index contributed by atoms with van der Waals surface area (Å²) in [4.78, 5) is 19.2. The Labute approximate surface area is 162 Å². The third-order valence-electron chi connectivity index (χ3n) is 4.67. The Morgan fingerprint density at radius 2 is 2.07 bits per heavy atom. The van der Waals surface area contributed by atoms with Crippen LogP contribution in [0.15, 0.2) is 48.8 Å². The monoisotopic (exact) mass is 377 g/mol. The quantitative estimate of drug-likeness (QED) is 0.432. The molecule has 1 aliphatic heterocycles. The Balaban J connectivity index is 0.000000932. The van der Waals surface area contributed by atoms with Gasteiger partial charge in [-0.1, -0.05) is 12.1 Å². The van der Waals surface area contributed by atoms with Gasteiger partial charge in [-0.2, -0.15) is 0 Å². The van der Waals surface area contributed by atoms with Crippen LogP contribution >= 0.6 is 0 Å². The van der Waals surface area contributed by atoms with Crippen molar-refractivity contribution < 1.29 is 5.11 Å². The number of benzene rings is 1. The van der Waals surface area contributed by atoms with Crippen LogP contribution < -0.4 is 15.5 Å². The van der Waals surface area contributed by atoms with Crippen molar-refractivity contribution >= 4 is 33.7 Å². The molecule has 4 aromatic rings. The standard InChI is InChI=1S/C19H19N7.CH4O/c1-2-14-5-6-21-16(14)9-13(1)10-23-17-11-22-15-3-4-18(25-19(15)24-17)26-8-7-20-12-26;1-2/h1-6,9,11,20-21H,7-8,10,12H2,(H,23,24,25);2H,1H3. The van der Waals surface area contributed by atoms with Crippen LogP contribution in [0.5, 0.6) is 0 Å². The number of H-pyrrole nitrogens is 1. The van der Waals surface area contributed by atoms with Gasteiger partial charge >= 0.3 is 0 Å². The molecule has 0 atom stereocenters. The van der Waals surface area contributed by atoms with E-state index in [4.69, 9.17) is 5.11 Å². The van der Waals surface area contributed by atoms with E-state index in [0.717, 1.165) is 49.5 Å². The van der Waals surface area contributed by atoms with E-state index in [-0.39, 0.29) is 0 Å². The van der Waals surface area contributed by atoms with Crippen molar-refractivity contribution in [2.45, 2.75) is 6.54 Å². The summed E-state index contributed by atoms with van der Waals surface area (Å²) in [6, 6.07) is 12.4. The largest absolute Gasteiger partial charge is 0.400 e. The number of nitrogens with zero attached hydrogens (tertiary/aromatic N) is 4. The average Bonchev–Trinajstić information content (AvgIpc) is 3.45. The first-order valence-electron chi connectivity index (χ1n) is 9.19. The molecule has 1 aliphatic rings. The van der Waals surface area contributed by atoms with Gasteiger partial charge in [0.2, 0.25) is 0 Å². The number of pyridine rings is 1. The van der Waals surface area contributed by atoms with Crippen LogP contribution in [0, 0.1) is 0 Å². The number of aromatic nitrogens is 4. The summed E-state index contributed by atoms with van der Waals surface area (Å²) >= 11 is 0. The topological polar surface area (TPSA) is 102 Å². The van der Waals surface area contributed by atoms with Crippen LogP contribution in [0.3, 0.4) is 0 Å². The number of aliphatic hydroxyl groups is 1. The second-order valence-electron chi connectivity index (χ2n) is 6.44. The second-order valence-corrected chi connectivity index (χ2v) is 6.44. The van der Waals surface area contributed by atoms with E-state index in [0.29, 0.717) is 12.2 Å². The lowest BCUT2D eigenvalue weighted by Crippen LogP contribution is -2.22. The lowest BCUT2D eigenvalue weighted by atomic mass is 10.1. The molecule has 0 aliphatic carbocycles. The van der Waals surface area contributed by atoms with Crippen molar-refractivity contribution in [1.29, 1.82) is 0 Å². The summed E-state index contributed by atoms with van der Waals surface area (Å²) in [5, 5.41) is 14.9. The Hall–Kier alpha value is -3.23. The summed E-state index contributed by atoms with van der Waals surface area (Å²) in [6.07, 6.45) is 3.71. The molecule has 8 heteroatoms. The molecule has 144 valence electrons. The molecule has 8 nitrogen and oxygen atoms in total. The zero-order valence-corrected chi connectivity index (χ0v) is 15.7. The Morgan fingerprint density at radius 1 is 1.14 bits per heavy atom. The van der Waals surface area contributed by atoms with E-state index in [9.17, 15) is 0 Å². The van der Waals surface area contributed by atoms with Gasteiger partial charge in [-0.3, -0.25) is 5.32 Å². The molecule has 0 unspecified atom stereocenters. The van der Waals surface area contributed by atoms with Crippen molar-refractivity contribution in [3.63, 3.8) is 0 Å². The lowest BCUT2D eigenvalue weighted by Gasteiger charge is -2.15. The van der Waals surface area contributed by atoms with Crippen molar-refractivity contribution in [2.24, 2.45) is 0 Å². The molecule has 1 saturated heterocycles. The number of aromatic amines is 1. The van der Waals surface area contributed by atoms with Gasteiger partial charge in [0, 0.05) is 38.5 Å². The van der Waals surface area contributed by atoms with E-state index < -0.39 is 0 Å². The fraction of sp³-hybridized carbons (Fsp3) is 0.250. The number of hydrogen-bond donors (Lipinski definition) is 4. The van der Waals surface area contributed by atoms with Crippen LogP contribution in [0.25, 0.3) is 22.1 Å². The molecule has 3 aromatic heterocycles. The molecule has 1 fully saturated rings. The first-order chi connectivity index (χ1) is 13.8. The Morgan fingerprint density at radius 3 is 2.93 bits per heavy atom. The summed E-state index contributed by atoms with van der Waals surface area (Å²) in [5.41, 5.74) is 3.80. The number of anilines is 2. The molecule has 4 heterocycles. The van der Waals surface area contributed by atoms with Gasteiger partial charge in [0.25, 0.3) is 0 Å². The fourth-order valence-electron chi connectivity index (χ4n) is 3.25. The fourth-order valence-corrected chi connectivity index (χ4v) is 3.25. The van der Waals surface area contributed by atoms with E-state index in [1.165, 1.54) is 10.9 Å². The van der Waals surface area contributed by atoms with Crippen molar-refractivity contribution in [3.8, 4) is 0 Å². The smallest absolute Gasteiger partial charge is 0.182 e. The molecule has 5 rings (SSSR count). The minimum atomic E-state index is 0.666. The van der Waals surface area contributed by atoms with Gasteiger partial charge in [0.15, 0.2) is 5.65 Å². The molecule has 0 radical (unpaired) electrons. The van der Waals surface area contributed by atoms with Crippen molar-refractivity contribution in [3.05, 3.63) is 54.4 Å².